The standard InChI is InChI=1S/C18H33N3/c1-5-6-15-7-8-16(13-20-14(2)3)17(11-15)12-18-19-9-10-21(18)4/h9-10,14-17,20H,5-8,11-13H2,1-4H3. The molecule has 3 atom stereocenters. The predicted octanol–water partition coefficient (Wildman–Crippen LogP) is 3.79. The summed E-state index contributed by atoms with van der Waals surface area (Å²) in [5.74, 6) is 3.81. The molecule has 1 heterocycles. The molecule has 3 nitrogen and oxygen atoms in total. The van der Waals surface area contributed by atoms with E-state index in [1.807, 2.05) is 6.20 Å². The summed E-state index contributed by atoms with van der Waals surface area (Å²) in [5.41, 5.74) is 0. The molecule has 0 aromatic carbocycles. The topological polar surface area (TPSA) is 29.9 Å². The lowest BCUT2D eigenvalue weighted by molar-refractivity contribution is 0.163. The monoisotopic (exact) mass is 291 g/mol. The highest BCUT2D eigenvalue weighted by atomic mass is 15.0. The average molecular weight is 291 g/mol. The van der Waals surface area contributed by atoms with Gasteiger partial charge in [0.1, 0.15) is 5.82 Å². The van der Waals surface area contributed by atoms with E-state index in [9.17, 15) is 0 Å². The Balaban J connectivity index is 1.99. The second-order valence-corrected chi connectivity index (χ2v) is 7.21. The van der Waals surface area contributed by atoms with Gasteiger partial charge >= 0.3 is 0 Å². The summed E-state index contributed by atoms with van der Waals surface area (Å²) < 4.78 is 2.19. The maximum atomic E-state index is 4.55. The van der Waals surface area contributed by atoms with Gasteiger partial charge in [0.15, 0.2) is 0 Å². The molecule has 21 heavy (non-hydrogen) atoms. The van der Waals surface area contributed by atoms with Crippen LogP contribution in [0.1, 0.15) is 58.7 Å². The Morgan fingerprint density at radius 3 is 2.76 bits per heavy atom. The molecule has 1 N–H and O–H groups in total. The lowest BCUT2D eigenvalue weighted by atomic mass is 9.71. The highest BCUT2D eigenvalue weighted by Crippen LogP contribution is 2.37. The second-order valence-electron chi connectivity index (χ2n) is 7.21. The first-order valence-corrected chi connectivity index (χ1v) is 8.79. The van der Waals surface area contributed by atoms with Gasteiger partial charge < -0.3 is 9.88 Å². The van der Waals surface area contributed by atoms with Crippen LogP contribution in [-0.4, -0.2) is 22.1 Å². The third kappa shape index (κ3) is 4.84. The van der Waals surface area contributed by atoms with E-state index in [4.69, 9.17) is 0 Å². The van der Waals surface area contributed by atoms with Crippen LogP contribution in [0, 0.1) is 17.8 Å². The molecule has 0 bridgehead atoms. The molecular weight excluding hydrogens is 258 g/mol. The van der Waals surface area contributed by atoms with Gasteiger partial charge in [-0.2, -0.15) is 0 Å². The predicted molar refractivity (Wildman–Crippen MR) is 89.3 cm³/mol. The molecular formula is C18H33N3. The van der Waals surface area contributed by atoms with E-state index in [-0.39, 0.29) is 0 Å². The third-order valence-corrected chi connectivity index (χ3v) is 5.10. The summed E-state index contributed by atoms with van der Waals surface area (Å²) in [4.78, 5) is 4.55. The van der Waals surface area contributed by atoms with Gasteiger partial charge in [0, 0.05) is 31.9 Å². The lowest BCUT2D eigenvalue weighted by Gasteiger charge is -2.37. The first-order valence-electron chi connectivity index (χ1n) is 8.79. The van der Waals surface area contributed by atoms with Crippen LogP contribution >= 0.6 is 0 Å². The van der Waals surface area contributed by atoms with Crippen molar-refractivity contribution in [2.24, 2.45) is 24.8 Å². The van der Waals surface area contributed by atoms with Crippen LogP contribution in [0.3, 0.4) is 0 Å². The van der Waals surface area contributed by atoms with Crippen molar-refractivity contribution in [3.05, 3.63) is 18.2 Å². The SMILES string of the molecule is CCCC1CCC(CNC(C)C)C(Cc2nccn2C)C1. The van der Waals surface area contributed by atoms with Gasteiger partial charge in [0.25, 0.3) is 0 Å². The number of nitrogens with zero attached hydrogens (tertiary/aromatic N) is 2. The summed E-state index contributed by atoms with van der Waals surface area (Å²) in [6.07, 6.45) is 12.1. The minimum Gasteiger partial charge on any atom is -0.338 e. The van der Waals surface area contributed by atoms with E-state index in [1.165, 1.54) is 44.5 Å². The van der Waals surface area contributed by atoms with Crippen molar-refractivity contribution in [2.45, 2.75) is 65.3 Å². The van der Waals surface area contributed by atoms with Gasteiger partial charge in [-0.1, -0.05) is 40.0 Å². The van der Waals surface area contributed by atoms with Gasteiger partial charge in [-0.25, -0.2) is 4.98 Å². The van der Waals surface area contributed by atoms with Crippen molar-refractivity contribution >= 4 is 0 Å². The Bertz CT molecular complexity index is 410. The molecule has 0 radical (unpaired) electrons. The Hall–Kier alpha value is -0.830. The molecule has 2 rings (SSSR count). The fourth-order valence-corrected chi connectivity index (χ4v) is 3.83. The number of aromatic nitrogens is 2. The fourth-order valence-electron chi connectivity index (χ4n) is 3.83. The zero-order chi connectivity index (χ0) is 15.2. The van der Waals surface area contributed by atoms with Crippen molar-refractivity contribution < 1.29 is 0 Å². The number of nitrogens with one attached hydrogen (secondary N) is 1. The zero-order valence-corrected chi connectivity index (χ0v) is 14.3. The number of hydrogen-bond acceptors (Lipinski definition) is 2. The first-order chi connectivity index (χ1) is 10.1. The molecule has 120 valence electrons. The molecule has 0 aliphatic heterocycles. The molecule has 1 aromatic heterocycles. The summed E-state index contributed by atoms with van der Waals surface area (Å²) in [5, 5.41) is 3.66. The largest absolute Gasteiger partial charge is 0.338 e. The lowest BCUT2D eigenvalue weighted by Crippen LogP contribution is -2.37. The van der Waals surface area contributed by atoms with E-state index >= 15 is 0 Å². The van der Waals surface area contributed by atoms with E-state index in [1.54, 1.807) is 0 Å². The normalized spacial score (nSPS) is 26.4. The molecule has 3 unspecified atom stereocenters. The molecule has 1 fully saturated rings. The smallest absolute Gasteiger partial charge is 0.108 e. The van der Waals surface area contributed by atoms with Crippen LogP contribution in [0.25, 0.3) is 0 Å². The number of aryl methyl sites for hydroxylation is 1. The van der Waals surface area contributed by atoms with Gasteiger partial charge in [0.05, 0.1) is 0 Å². The second kappa shape index (κ2) is 7.98. The summed E-state index contributed by atoms with van der Waals surface area (Å²) in [6.45, 7) is 7.98. The zero-order valence-electron chi connectivity index (χ0n) is 14.3. The third-order valence-electron chi connectivity index (χ3n) is 5.10. The van der Waals surface area contributed by atoms with Gasteiger partial charge in [-0.15, -0.1) is 0 Å². The Morgan fingerprint density at radius 1 is 1.33 bits per heavy atom. The van der Waals surface area contributed by atoms with Gasteiger partial charge in [-0.3, -0.25) is 0 Å². The molecule has 1 aromatic rings. The number of imidazole rings is 1. The van der Waals surface area contributed by atoms with Crippen molar-refractivity contribution in [3.63, 3.8) is 0 Å². The van der Waals surface area contributed by atoms with E-state index in [0.717, 1.165) is 24.2 Å². The van der Waals surface area contributed by atoms with Crippen LogP contribution in [0.4, 0.5) is 0 Å². The Kier molecular flexibility index (Phi) is 6.28. The molecule has 1 aliphatic rings. The van der Waals surface area contributed by atoms with E-state index in [2.05, 4.69) is 48.9 Å². The van der Waals surface area contributed by atoms with Gasteiger partial charge in [-0.05, 0) is 37.1 Å². The Labute approximate surface area is 130 Å². The Morgan fingerprint density at radius 2 is 2.14 bits per heavy atom. The minimum absolute atomic E-state index is 0.590. The van der Waals surface area contributed by atoms with Gasteiger partial charge in [0.2, 0.25) is 0 Å². The van der Waals surface area contributed by atoms with E-state index in [0.29, 0.717) is 6.04 Å². The van der Waals surface area contributed by atoms with Crippen molar-refractivity contribution in [1.82, 2.24) is 14.9 Å². The maximum absolute atomic E-state index is 4.55. The highest BCUT2D eigenvalue weighted by Gasteiger charge is 2.30. The molecule has 0 amide bonds. The van der Waals surface area contributed by atoms with Crippen LogP contribution < -0.4 is 5.32 Å². The minimum atomic E-state index is 0.590. The molecule has 1 aliphatic carbocycles. The molecule has 1 saturated carbocycles. The number of hydrogen-bond donors (Lipinski definition) is 1. The number of rotatable bonds is 7. The van der Waals surface area contributed by atoms with Crippen LogP contribution in [0.5, 0.6) is 0 Å². The average Bonchev–Trinajstić information content (AvgIpc) is 2.84. The molecule has 3 heteroatoms. The van der Waals surface area contributed by atoms with Crippen molar-refractivity contribution in [1.29, 1.82) is 0 Å². The van der Waals surface area contributed by atoms with Crippen LogP contribution in [0.2, 0.25) is 0 Å². The summed E-state index contributed by atoms with van der Waals surface area (Å²) in [7, 11) is 2.12. The summed E-state index contributed by atoms with van der Waals surface area (Å²) in [6, 6.07) is 0.590. The quantitative estimate of drug-likeness (QED) is 0.828. The first kappa shape index (κ1) is 16.5. The van der Waals surface area contributed by atoms with Crippen molar-refractivity contribution in [2.75, 3.05) is 6.54 Å². The van der Waals surface area contributed by atoms with E-state index < -0.39 is 0 Å². The molecule has 0 saturated heterocycles. The summed E-state index contributed by atoms with van der Waals surface area (Å²) >= 11 is 0. The highest BCUT2D eigenvalue weighted by molar-refractivity contribution is 4.96. The fraction of sp³-hybridized carbons (Fsp3) is 0.833. The molecule has 0 spiro atoms. The van der Waals surface area contributed by atoms with Crippen LogP contribution in [-0.2, 0) is 13.5 Å². The maximum Gasteiger partial charge on any atom is 0.108 e. The van der Waals surface area contributed by atoms with Crippen molar-refractivity contribution in [3.8, 4) is 0 Å². The van der Waals surface area contributed by atoms with Crippen LogP contribution in [0.15, 0.2) is 12.4 Å².